The zero-order valence-electron chi connectivity index (χ0n) is 16.3. The number of benzene rings is 1. The molecule has 1 fully saturated rings. The highest BCUT2D eigenvalue weighted by molar-refractivity contribution is 14.0. The molecule has 2 rings (SSSR count). The monoisotopic (exact) mass is 493 g/mol. The van der Waals surface area contributed by atoms with E-state index in [9.17, 15) is 8.42 Å². The van der Waals surface area contributed by atoms with Crippen LogP contribution in [-0.2, 0) is 16.4 Å². The zero-order valence-corrected chi connectivity index (χ0v) is 19.4. The molecule has 148 valence electrons. The van der Waals surface area contributed by atoms with Crippen molar-refractivity contribution in [3.05, 3.63) is 29.3 Å². The van der Waals surface area contributed by atoms with Gasteiger partial charge >= 0.3 is 0 Å². The van der Waals surface area contributed by atoms with Gasteiger partial charge in [0.2, 0.25) is 0 Å². The van der Waals surface area contributed by atoms with E-state index in [4.69, 9.17) is 0 Å². The van der Waals surface area contributed by atoms with Crippen LogP contribution in [0.3, 0.4) is 0 Å². The van der Waals surface area contributed by atoms with Crippen LogP contribution in [0.4, 0.5) is 0 Å². The fourth-order valence-corrected chi connectivity index (χ4v) is 4.65. The normalized spacial score (nSPS) is 16.8. The molecule has 0 bridgehead atoms. The number of sulfone groups is 1. The molecule has 5 nitrogen and oxygen atoms in total. The Kier molecular flexibility index (Phi) is 8.85. The van der Waals surface area contributed by atoms with E-state index in [1.807, 2.05) is 19.1 Å². The molecule has 26 heavy (non-hydrogen) atoms. The highest BCUT2D eigenvalue weighted by Gasteiger charge is 2.31. The lowest BCUT2D eigenvalue weighted by Crippen LogP contribution is -2.42. The first-order chi connectivity index (χ1) is 11.8. The number of nitrogens with one attached hydrogen (secondary N) is 2. The molecule has 0 radical (unpaired) electrons. The lowest BCUT2D eigenvalue weighted by molar-refractivity contribution is 0.283. The quantitative estimate of drug-likeness (QED) is 0.361. The number of guanidine groups is 1. The maximum Gasteiger partial charge on any atom is 0.191 e. The van der Waals surface area contributed by atoms with Crippen molar-refractivity contribution in [2.24, 2.45) is 10.4 Å². The summed E-state index contributed by atoms with van der Waals surface area (Å²) in [5.41, 5.74) is 2.23. The molecule has 1 aliphatic rings. The van der Waals surface area contributed by atoms with E-state index in [-0.39, 0.29) is 24.0 Å². The average molecular weight is 493 g/mol. The molecule has 2 N–H and O–H groups in total. The van der Waals surface area contributed by atoms with Gasteiger partial charge in [-0.15, -0.1) is 24.0 Å². The molecule has 0 atom stereocenters. The maximum atomic E-state index is 11.7. The smallest absolute Gasteiger partial charge is 0.191 e. The molecule has 7 heteroatoms. The van der Waals surface area contributed by atoms with Gasteiger partial charge in [0, 0.05) is 26.4 Å². The molecule has 1 aromatic rings. The molecule has 0 saturated heterocycles. The van der Waals surface area contributed by atoms with Crippen molar-refractivity contribution in [3.63, 3.8) is 0 Å². The SMILES string of the molecule is CCC1(CNC(=NC)NCc2ccc(S(C)(=O)=O)c(C)c2)CCCC1.I. The Morgan fingerprint density at radius 2 is 1.88 bits per heavy atom. The van der Waals surface area contributed by atoms with Crippen molar-refractivity contribution in [3.8, 4) is 0 Å². The van der Waals surface area contributed by atoms with Gasteiger partial charge in [-0.2, -0.15) is 0 Å². The second-order valence-electron chi connectivity index (χ2n) is 7.21. The number of aryl methyl sites for hydroxylation is 1. The summed E-state index contributed by atoms with van der Waals surface area (Å²) in [7, 11) is -1.39. The first-order valence-corrected chi connectivity index (χ1v) is 10.9. The van der Waals surface area contributed by atoms with Crippen molar-refractivity contribution in [1.29, 1.82) is 0 Å². The van der Waals surface area contributed by atoms with Crippen LogP contribution in [0.5, 0.6) is 0 Å². The molecule has 1 aromatic carbocycles. The summed E-state index contributed by atoms with van der Waals surface area (Å²) in [5, 5.41) is 6.79. The van der Waals surface area contributed by atoms with Crippen LogP contribution in [0.2, 0.25) is 0 Å². The number of rotatable bonds is 6. The Morgan fingerprint density at radius 1 is 1.23 bits per heavy atom. The van der Waals surface area contributed by atoms with Crippen molar-refractivity contribution >= 4 is 39.8 Å². The minimum Gasteiger partial charge on any atom is -0.356 e. The Bertz CT molecular complexity index is 726. The van der Waals surface area contributed by atoms with E-state index in [1.165, 1.54) is 38.4 Å². The van der Waals surface area contributed by atoms with Crippen molar-refractivity contribution in [2.45, 2.75) is 57.4 Å². The van der Waals surface area contributed by atoms with Crippen LogP contribution in [0.25, 0.3) is 0 Å². The first-order valence-electron chi connectivity index (χ1n) is 9.04. The second-order valence-corrected chi connectivity index (χ2v) is 9.20. The van der Waals surface area contributed by atoms with E-state index in [0.29, 0.717) is 16.9 Å². The molecule has 0 aromatic heterocycles. The van der Waals surface area contributed by atoms with Gasteiger partial charge in [-0.1, -0.05) is 31.9 Å². The molecule has 0 spiro atoms. The fourth-order valence-electron chi connectivity index (χ4n) is 3.70. The molecule has 1 aliphatic carbocycles. The Balaban J connectivity index is 0.00000338. The van der Waals surface area contributed by atoms with Crippen LogP contribution >= 0.6 is 24.0 Å². The van der Waals surface area contributed by atoms with Gasteiger partial charge in [0.15, 0.2) is 15.8 Å². The van der Waals surface area contributed by atoms with Crippen LogP contribution in [0, 0.1) is 12.3 Å². The fraction of sp³-hybridized carbons (Fsp3) is 0.632. The van der Waals surface area contributed by atoms with Gasteiger partial charge in [0.05, 0.1) is 4.90 Å². The van der Waals surface area contributed by atoms with Gasteiger partial charge in [0.1, 0.15) is 0 Å². The average Bonchev–Trinajstić information content (AvgIpc) is 3.03. The molecular formula is C19H32IN3O2S. The van der Waals surface area contributed by atoms with Gasteiger partial charge in [-0.05, 0) is 48.8 Å². The molecule has 0 heterocycles. The van der Waals surface area contributed by atoms with Gasteiger partial charge in [-0.25, -0.2) is 8.42 Å². The molecule has 1 saturated carbocycles. The lowest BCUT2D eigenvalue weighted by Gasteiger charge is -2.28. The Morgan fingerprint density at radius 3 is 2.38 bits per heavy atom. The highest BCUT2D eigenvalue weighted by atomic mass is 127. The highest BCUT2D eigenvalue weighted by Crippen LogP contribution is 2.40. The summed E-state index contributed by atoms with van der Waals surface area (Å²) in [6, 6.07) is 5.46. The third-order valence-electron chi connectivity index (χ3n) is 5.37. The lowest BCUT2D eigenvalue weighted by atomic mass is 9.83. The molecular weight excluding hydrogens is 461 g/mol. The number of halogens is 1. The van der Waals surface area contributed by atoms with E-state index < -0.39 is 9.84 Å². The predicted octanol–water partition coefficient (Wildman–Crippen LogP) is 3.65. The summed E-state index contributed by atoms with van der Waals surface area (Å²) >= 11 is 0. The van der Waals surface area contributed by atoms with Gasteiger partial charge < -0.3 is 10.6 Å². The third-order valence-corrected chi connectivity index (χ3v) is 6.62. The van der Waals surface area contributed by atoms with Crippen molar-refractivity contribution in [1.82, 2.24) is 10.6 Å². The predicted molar refractivity (Wildman–Crippen MR) is 119 cm³/mol. The third kappa shape index (κ3) is 6.11. The summed E-state index contributed by atoms with van der Waals surface area (Å²) in [4.78, 5) is 4.70. The summed E-state index contributed by atoms with van der Waals surface area (Å²) in [5.74, 6) is 0.796. The molecule has 0 unspecified atom stereocenters. The first kappa shape index (κ1) is 23.2. The van der Waals surface area contributed by atoms with Crippen LogP contribution in [-0.4, -0.2) is 34.2 Å². The Labute approximate surface area is 175 Å². The van der Waals surface area contributed by atoms with E-state index in [1.54, 1.807) is 13.1 Å². The molecule has 0 amide bonds. The van der Waals surface area contributed by atoms with Gasteiger partial charge in [0.25, 0.3) is 0 Å². The summed E-state index contributed by atoms with van der Waals surface area (Å²) in [6.07, 6.45) is 7.68. The molecule has 0 aliphatic heterocycles. The van der Waals surface area contributed by atoms with Crippen LogP contribution in [0.1, 0.15) is 50.2 Å². The van der Waals surface area contributed by atoms with E-state index >= 15 is 0 Å². The summed E-state index contributed by atoms with van der Waals surface area (Å²) in [6.45, 7) is 5.67. The van der Waals surface area contributed by atoms with E-state index in [0.717, 1.165) is 23.6 Å². The topological polar surface area (TPSA) is 70.6 Å². The number of hydrogen-bond acceptors (Lipinski definition) is 3. The number of aliphatic imine (C=N–C) groups is 1. The van der Waals surface area contributed by atoms with Crippen molar-refractivity contribution in [2.75, 3.05) is 19.8 Å². The standard InChI is InChI=1S/C19H31N3O2S.HI/c1-5-19(10-6-7-11-19)14-22-18(20-3)21-13-16-8-9-17(15(2)12-16)25(4,23)24;/h8-9,12H,5-7,10-11,13-14H2,1-4H3,(H2,20,21,22);1H. The summed E-state index contributed by atoms with van der Waals surface area (Å²) < 4.78 is 23.4. The van der Waals surface area contributed by atoms with Crippen LogP contribution in [0.15, 0.2) is 28.1 Å². The van der Waals surface area contributed by atoms with Gasteiger partial charge in [-0.3, -0.25) is 4.99 Å². The Hall–Kier alpha value is -0.830. The van der Waals surface area contributed by atoms with E-state index in [2.05, 4.69) is 22.5 Å². The number of hydrogen-bond donors (Lipinski definition) is 2. The minimum absolute atomic E-state index is 0. The number of nitrogens with zero attached hydrogens (tertiary/aromatic N) is 1. The largest absolute Gasteiger partial charge is 0.356 e. The van der Waals surface area contributed by atoms with Crippen molar-refractivity contribution < 1.29 is 8.42 Å². The van der Waals surface area contributed by atoms with Crippen LogP contribution < -0.4 is 10.6 Å². The zero-order chi connectivity index (χ0) is 18.5. The second kappa shape index (κ2) is 9.92. The maximum absolute atomic E-state index is 11.7. The minimum atomic E-state index is -3.17.